The first-order valence-electron chi connectivity index (χ1n) is 7.60. The van der Waals surface area contributed by atoms with Gasteiger partial charge in [-0.3, -0.25) is 9.78 Å². The van der Waals surface area contributed by atoms with Gasteiger partial charge in [-0.1, -0.05) is 29.8 Å². The van der Waals surface area contributed by atoms with Gasteiger partial charge < -0.3 is 9.80 Å². The first kappa shape index (κ1) is 15.6. The average molecular weight is 328 g/mol. The highest BCUT2D eigenvalue weighted by Gasteiger charge is 2.19. The van der Waals surface area contributed by atoms with Crippen molar-refractivity contribution in [2.75, 3.05) is 31.1 Å². The van der Waals surface area contributed by atoms with Crippen molar-refractivity contribution in [1.82, 2.24) is 9.88 Å². The lowest BCUT2D eigenvalue weighted by atomic mass is 10.2. The molecule has 0 spiro atoms. The van der Waals surface area contributed by atoms with Crippen LogP contribution in [0.15, 0.2) is 54.9 Å². The highest BCUT2D eigenvalue weighted by molar-refractivity contribution is 6.32. The van der Waals surface area contributed by atoms with Crippen molar-refractivity contribution in [1.29, 1.82) is 0 Å². The molecule has 1 saturated heterocycles. The molecule has 0 aliphatic carbocycles. The van der Waals surface area contributed by atoms with Crippen LogP contribution in [-0.2, 0) is 4.79 Å². The lowest BCUT2D eigenvalue weighted by Gasteiger charge is -2.35. The van der Waals surface area contributed by atoms with Crippen LogP contribution in [0.4, 0.5) is 5.69 Å². The fourth-order valence-corrected chi connectivity index (χ4v) is 2.82. The summed E-state index contributed by atoms with van der Waals surface area (Å²) in [6.45, 7) is 3.09. The van der Waals surface area contributed by atoms with Crippen molar-refractivity contribution < 1.29 is 4.79 Å². The number of anilines is 1. The van der Waals surface area contributed by atoms with Gasteiger partial charge in [0, 0.05) is 55.4 Å². The molecule has 4 nitrogen and oxygen atoms in total. The number of hydrogen-bond acceptors (Lipinski definition) is 3. The Bertz CT molecular complexity index is 694. The zero-order valence-corrected chi connectivity index (χ0v) is 13.5. The van der Waals surface area contributed by atoms with Crippen LogP contribution in [0.3, 0.4) is 0 Å². The molecule has 1 aliphatic rings. The summed E-state index contributed by atoms with van der Waals surface area (Å²) in [6, 6.07) is 11.5. The maximum absolute atomic E-state index is 12.3. The highest BCUT2D eigenvalue weighted by atomic mass is 35.5. The number of hydrogen-bond donors (Lipinski definition) is 0. The van der Waals surface area contributed by atoms with Crippen LogP contribution in [0.25, 0.3) is 6.08 Å². The molecule has 3 rings (SSSR count). The topological polar surface area (TPSA) is 36.4 Å². The molecule has 23 heavy (non-hydrogen) atoms. The van der Waals surface area contributed by atoms with E-state index >= 15 is 0 Å². The molecule has 0 saturated carbocycles. The third kappa shape index (κ3) is 3.90. The second kappa shape index (κ2) is 7.29. The first-order chi connectivity index (χ1) is 11.2. The molecule has 5 heteroatoms. The third-order valence-corrected chi connectivity index (χ3v) is 4.27. The molecule has 2 heterocycles. The number of carbonyl (C=O) groups is 1. The lowest BCUT2D eigenvalue weighted by Crippen LogP contribution is -2.48. The Morgan fingerprint density at radius 1 is 1.04 bits per heavy atom. The van der Waals surface area contributed by atoms with Crippen LogP contribution in [0, 0.1) is 0 Å². The SMILES string of the molecule is O=C(/C=C/c1ccccc1Cl)N1CCN(c2ccncc2)CC1. The molecule has 0 radical (unpaired) electrons. The summed E-state index contributed by atoms with van der Waals surface area (Å²) in [4.78, 5) is 20.5. The van der Waals surface area contributed by atoms with Gasteiger partial charge in [0.25, 0.3) is 0 Å². The van der Waals surface area contributed by atoms with E-state index in [-0.39, 0.29) is 5.91 Å². The molecule has 118 valence electrons. The van der Waals surface area contributed by atoms with Gasteiger partial charge in [0.05, 0.1) is 0 Å². The van der Waals surface area contributed by atoms with E-state index in [2.05, 4.69) is 9.88 Å². The van der Waals surface area contributed by atoms with Crippen molar-refractivity contribution in [3.63, 3.8) is 0 Å². The number of amides is 1. The van der Waals surface area contributed by atoms with E-state index in [0.29, 0.717) is 18.1 Å². The molecule has 1 aromatic carbocycles. The van der Waals surface area contributed by atoms with Crippen LogP contribution in [0.5, 0.6) is 0 Å². The largest absolute Gasteiger partial charge is 0.368 e. The van der Waals surface area contributed by atoms with Crippen LogP contribution < -0.4 is 4.90 Å². The zero-order chi connectivity index (χ0) is 16.1. The van der Waals surface area contributed by atoms with Gasteiger partial charge in [0.15, 0.2) is 0 Å². The minimum absolute atomic E-state index is 0.0271. The Morgan fingerprint density at radius 2 is 1.74 bits per heavy atom. The van der Waals surface area contributed by atoms with E-state index < -0.39 is 0 Å². The lowest BCUT2D eigenvalue weighted by molar-refractivity contribution is -0.126. The molecular weight excluding hydrogens is 310 g/mol. The van der Waals surface area contributed by atoms with Crippen molar-refractivity contribution in [2.24, 2.45) is 0 Å². The summed E-state index contributed by atoms with van der Waals surface area (Å²) >= 11 is 6.09. The molecule has 0 unspecified atom stereocenters. The Balaban J connectivity index is 1.57. The Hall–Kier alpha value is -2.33. The van der Waals surface area contributed by atoms with Crippen LogP contribution in [0.1, 0.15) is 5.56 Å². The second-order valence-electron chi connectivity index (χ2n) is 5.37. The summed E-state index contributed by atoms with van der Waals surface area (Å²) < 4.78 is 0. The fraction of sp³-hybridized carbons (Fsp3) is 0.222. The number of rotatable bonds is 3. The number of nitrogens with zero attached hydrogens (tertiary/aromatic N) is 3. The number of benzene rings is 1. The van der Waals surface area contributed by atoms with Crippen molar-refractivity contribution in [2.45, 2.75) is 0 Å². The van der Waals surface area contributed by atoms with Gasteiger partial charge in [-0.25, -0.2) is 0 Å². The van der Waals surface area contributed by atoms with Gasteiger partial charge >= 0.3 is 0 Å². The van der Waals surface area contributed by atoms with Gasteiger partial charge in [0.1, 0.15) is 0 Å². The summed E-state index contributed by atoms with van der Waals surface area (Å²) in [7, 11) is 0. The Morgan fingerprint density at radius 3 is 2.43 bits per heavy atom. The summed E-state index contributed by atoms with van der Waals surface area (Å²) in [5.74, 6) is 0.0271. The quantitative estimate of drug-likeness (QED) is 0.813. The molecular formula is C18H18ClN3O. The van der Waals surface area contributed by atoms with E-state index in [9.17, 15) is 4.79 Å². The Labute approximate surface area is 141 Å². The summed E-state index contributed by atoms with van der Waals surface area (Å²) in [5.41, 5.74) is 2.01. The molecule has 1 fully saturated rings. The minimum Gasteiger partial charge on any atom is -0.368 e. The molecule has 0 bridgehead atoms. The average Bonchev–Trinajstić information content (AvgIpc) is 2.62. The predicted octanol–water partition coefficient (Wildman–Crippen LogP) is 3.10. The van der Waals surface area contributed by atoms with E-state index in [4.69, 9.17) is 11.6 Å². The highest BCUT2D eigenvalue weighted by Crippen LogP contribution is 2.17. The van der Waals surface area contributed by atoms with Crippen molar-refractivity contribution in [3.8, 4) is 0 Å². The van der Waals surface area contributed by atoms with Crippen molar-refractivity contribution >= 4 is 29.3 Å². The second-order valence-corrected chi connectivity index (χ2v) is 5.78. The summed E-state index contributed by atoms with van der Waals surface area (Å²) in [5, 5.41) is 0.652. The summed E-state index contributed by atoms with van der Waals surface area (Å²) in [6.07, 6.45) is 6.96. The monoisotopic (exact) mass is 327 g/mol. The normalized spacial score (nSPS) is 15.2. The standard InChI is InChI=1S/C18H18ClN3O/c19-17-4-2-1-3-15(17)5-6-18(23)22-13-11-21(12-14-22)16-7-9-20-10-8-16/h1-10H,11-14H2/b6-5+. The van der Waals surface area contributed by atoms with Gasteiger partial charge in [-0.2, -0.15) is 0 Å². The maximum Gasteiger partial charge on any atom is 0.246 e. The van der Waals surface area contributed by atoms with Gasteiger partial charge in [-0.15, -0.1) is 0 Å². The number of pyridine rings is 1. The van der Waals surface area contributed by atoms with Gasteiger partial charge in [-0.05, 0) is 29.8 Å². The number of halogens is 1. The number of aromatic nitrogens is 1. The van der Waals surface area contributed by atoms with Crippen LogP contribution in [0.2, 0.25) is 5.02 Å². The number of carbonyl (C=O) groups excluding carboxylic acids is 1. The zero-order valence-electron chi connectivity index (χ0n) is 12.7. The maximum atomic E-state index is 12.3. The molecule has 0 N–H and O–H groups in total. The minimum atomic E-state index is 0.0271. The van der Waals surface area contributed by atoms with Crippen LogP contribution >= 0.6 is 11.6 Å². The smallest absolute Gasteiger partial charge is 0.246 e. The molecule has 0 atom stereocenters. The van der Waals surface area contributed by atoms with Gasteiger partial charge in [0.2, 0.25) is 5.91 Å². The molecule has 2 aromatic rings. The van der Waals surface area contributed by atoms with E-state index in [1.165, 1.54) is 0 Å². The first-order valence-corrected chi connectivity index (χ1v) is 7.98. The third-order valence-electron chi connectivity index (χ3n) is 3.93. The molecule has 1 amide bonds. The van der Waals surface area contributed by atoms with Crippen LogP contribution in [-0.4, -0.2) is 42.0 Å². The van der Waals surface area contributed by atoms with E-state index in [0.717, 1.165) is 24.3 Å². The van der Waals surface area contributed by atoms with E-state index in [1.807, 2.05) is 41.3 Å². The number of piperazine rings is 1. The predicted molar refractivity (Wildman–Crippen MR) is 93.5 cm³/mol. The molecule has 1 aliphatic heterocycles. The Kier molecular flexibility index (Phi) is 4.93. The van der Waals surface area contributed by atoms with E-state index in [1.54, 1.807) is 24.5 Å². The fourth-order valence-electron chi connectivity index (χ4n) is 2.62. The molecule has 1 aromatic heterocycles. The van der Waals surface area contributed by atoms with Crippen molar-refractivity contribution in [3.05, 3.63) is 65.5 Å².